The van der Waals surface area contributed by atoms with Gasteiger partial charge in [0.1, 0.15) is 0 Å². The van der Waals surface area contributed by atoms with E-state index in [0.29, 0.717) is 6.54 Å². The van der Waals surface area contributed by atoms with Gasteiger partial charge in [-0.2, -0.15) is 0 Å². The molecule has 0 spiro atoms. The van der Waals surface area contributed by atoms with Crippen molar-refractivity contribution in [1.82, 2.24) is 20.2 Å². The molecule has 1 fully saturated rings. The second kappa shape index (κ2) is 6.90. The molecule has 1 N–H and O–H groups in total. The van der Waals surface area contributed by atoms with Crippen molar-refractivity contribution >= 4 is 28.7 Å². The highest BCUT2D eigenvalue weighted by Gasteiger charge is 2.41. The van der Waals surface area contributed by atoms with E-state index < -0.39 is 0 Å². The fourth-order valence-corrected chi connectivity index (χ4v) is 4.59. The summed E-state index contributed by atoms with van der Waals surface area (Å²) in [6, 6.07) is 14.3. The summed E-state index contributed by atoms with van der Waals surface area (Å²) in [5.74, 6) is 0. The van der Waals surface area contributed by atoms with E-state index in [1.807, 2.05) is 42.7 Å². The maximum absolute atomic E-state index is 5.67. The standard InChI is InChI=1S/C19H18N4S2/c1-13-8-11-25-18(13)17-16(15-7-3-5-10-21-15)22-19(24)23(17)12-14-6-2-4-9-20-14/h2-11,16-17H,12H2,1H3,(H,22,24)/t16-,17-/m1/s1. The van der Waals surface area contributed by atoms with Gasteiger partial charge < -0.3 is 10.2 Å². The van der Waals surface area contributed by atoms with E-state index in [2.05, 4.69) is 44.6 Å². The monoisotopic (exact) mass is 366 g/mol. The molecule has 3 aromatic heterocycles. The van der Waals surface area contributed by atoms with Gasteiger partial charge in [0.15, 0.2) is 5.11 Å². The number of nitrogens with zero attached hydrogens (tertiary/aromatic N) is 3. The van der Waals surface area contributed by atoms with Gasteiger partial charge in [0.2, 0.25) is 0 Å². The summed E-state index contributed by atoms with van der Waals surface area (Å²) in [4.78, 5) is 12.6. The minimum atomic E-state index is 0.0368. The Morgan fingerprint density at radius 3 is 2.56 bits per heavy atom. The second-order valence-electron chi connectivity index (χ2n) is 6.04. The van der Waals surface area contributed by atoms with Gasteiger partial charge in [-0.1, -0.05) is 12.1 Å². The van der Waals surface area contributed by atoms with Crippen LogP contribution in [0.4, 0.5) is 0 Å². The second-order valence-corrected chi connectivity index (χ2v) is 7.38. The molecule has 0 aliphatic carbocycles. The molecule has 1 saturated heterocycles. The highest BCUT2D eigenvalue weighted by Crippen LogP contribution is 2.42. The number of rotatable bonds is 4. The van der Waals surface area contributed by atoms with Crippen LogP contribution >= 0.6 is 23.6 Å². The molecule has 0 saturated carbocycles. The van der Waals surface area contributed by atoms with Crippen molar-refractivity contribution in [2.45, 2.75) is 25.6 Å². The lowest BCUT2D eigenvalue weighted by molar-refractivity contribution is 0.312. The Morgan fingerprint density at radius 1 is 1.12 bits per heavy atom. The lowest BCUT2D eigenvalue weighted by Gasteiger charge is -2.27. The third-order valence-corrected chi connectivity index (χ3v) is 5.87. The number of hydrogen-bond acceptors (Lipinski definition) is 4. The van der Waals surface area contributed by atoms with Crippen molar-refractivity contribution in [3.05, 3.63) is 82.1 Å². The van der Waals surface area contributed by atoms with Gasteiger partial charge in [0, 0.05) is 17.3 Å². The molecule has 25 heavy (non-hydrogen) atoms. The molecule has 4 heterocycles. The summed E-state index contributed by atoms with van der Waals surface area (Å²) in [6.07, 6.45) is 3.66. The molecule has 1 aliphatic heterocycles. The van der Waals surface area contributed by atoms with E-state index in [-0.39, 0.29) is 12.1 Å². The SMILES string of the molecule is Cc1ccsc1[C@H]1[C@@H](c2ccccn2)NC(=S)N1Cc1ccccn1. The van der Waals surface area contributed by atoms with Crippen LogP contribution in [-0.4, -0.2) is 20.0 Å². The average molecular weight is 367 g/mol. The Morgan fingerprint density at radius 2 is 1.92 bits per heavy atom. The summed E-state index contributed by atoms with van der Waals surface area (Å²) in [7, 11) is 0. The minimum Gasteiger partial charge on any atom is -0.352 e. The third kappa shape index (κ3) is 3.15. The van der Waals surface area contributed by atoms with Crippen molar-refractivity contribution in [2.75, 3.05) is 0 Å². The Bertz CT molecular complexity index is 863. The van der Waals surface area contributed by atoms with Crippen LogP contribution in [0.1, 0.15) is 33.9 Å². The third-order valence-electron chi connectivity index (χ3n) is 4.43. The van der Waals surface area contributed by atoms with E-state index in [1.54, 1.807) is 11.3 Å². The maximum atomic E-state index is 5.67. The van der Waals surface area contributed by atoms with Crippen LogP contribution in [0.25, 0.3) is 0 Å². The molecule has 126 valence electrons. The van der Waals surface area contributed by atoms with Gasteiger partial charge in [0.05, 0.1) is 30.0 Å². The maximum Gasteiger partial charge on any atom is 0.170 e. The normalized spacial score (nSPS) is 19.9. The van der Waals surface area contributed by atoms with Crippen LogP contribution in [0.15, 0.2) is 60.2 Å². The van der Waals surface area contributed by atoms with Crippen LogP contribution in [0.5, 0.6) is 0 Å². The van der Waals surface area contributed by atoms with Crippen molar-refractivity contribution < 1.29 is 0 Å². The summed E-state index contributed by atoms with van der Waals surface area (Å²) in [5, 5.41) is 6.37. The van der Waals surface area contributed by atoms with Crippen LogP contribution in [0.2, 0.25) is 0 Å². The van der Waals surface area contributed by atoms with E-state index in [1.165, 1.54) is 10.4 Å². The van der Waals surface area contributed by atoms with E-state index in [9.17, 15) is 0 Å². The molecule has 2 atom stereocenters. The molecule has 0 aromatic carbocycles. The van der Waals surface area contributed by atoms with E-state index in [4.69, 9.17) is 12.2 Å². The number of aryl methyl sites for hydroxylation is 1. The topological polar surface area (TPSA) is 41.1 Å². The molecule has 0 amide bonds. The Hall–Kier alpha value is -2.31. The van der Waals surface area contributed by atoms with E-state index >= 15 is 0 Å². The first-order valence-electron chi connectivity index (χ1n) is 8.16. The Balaban J connectivity index is 1.74. The summed E-state index contributed by atoms with van der Waals surface area (Å²) in [6.45, 7) is 2.83. The van der Waals surface area contributed by atoms with Gasteiger partial charge >= 0.3 is 0 Å². The van der Waals surface area contributed by atoms with Gasteiger partial charge in [-0.15, -0.1) is 11.3 Å². The molecular formula is C19H18N4S2. The number of thiophene rings is 1. The van der Waals surface area contributed by atoms with Crippen molar-refractivity contribution in [3.63, 3.8) is 0 Å². The molecule has 4 rings (SSSR count). The number of thiocarbonyl (C=S) groups is 1. The van der Waals surface area contributed by atoms with Gasteiger partial charge in [-0.05, 0) is 60.4 Å². The average Bonchev–Trinajstić information content (AvgIpc) is 3.20. The highest BCUT2D eigenvalue weighted by atomic mass is 32.1. The molecule has 0 unspecified atom stereocenters. The zero-order valence-electron chi connectivity index (χ0n) is 13.8. The summed E-state index contributed by atoms with van der Waals surface area (Å²) >= 11 is 7.45. The first-order chi connectivity index (χ1) is 12.2. The van der Waals surface area contributed by atoms with Gasteiger partial charge in [-0.25, -0.2) is 0 Å². The minimum absolute atomic E-state index is 0.0368. The first kappa shape index (κ1) is 16.2. The molecule has 0 radical (unpaired) electrons. The first-order valence-corrected chi connectivity index (χ1v) is 9.45. The predicted octanol–water partition coefficient (Wildman–Crippen LogP) is 4.02. The van der Waals surface area contributed by atoms with E-state index in [0.717, 1.165) is 16.5 Å². The Labute approximate surface area is 156 Å². The molecule has 0 bridgehead atoms. The number of aromatic nitrogens is 2. The predicted molar refractivity (Wildman–Crippen MR) is 104 cm³/mol. The molecule has 1 aliphatic rings. The number of pyridine rings is 2. The summed E-state index contributed by atoms with van der Waals surface area (Å²) < 4.78 is 0. The largest absolute Gasteiger partial charge is 0.352 e. The quantitative estimate of drug-likeness (QED) is 0.706. The lowest BCUT2D eigenvalue weighted by atomic mass is 10.0. The molecular weight excluding hydrogens is 348 g/mol. The fraction of sp³-hybridized carbons (Fsp3) is 0.211. The van der Waals surface area contributed by atoms with Crippen LogP contribution in [0.3, 0.4) is 0 Å². The smallest absolute Gasteiger partial charge is 0.170 e. The fourth-order valence-electron chi connectivity index (χ4n) is 3.21. The van der Waals surface area contributed by atoms with Crippen molar-refractivity contribution in [2.24, 2.45) is 0 Å². The van der Waals surface area contributed by atoms with Crippen LogP contribution < -0.4 is 5.32 Å². The van der Waals surface area contributed by atoms with Gasteiger partial charge in [0.25, 0.3) is 0 Å². The molecule has 4 nitrogen and oxygen atoms in total. The number of hydrogen-bond donors (Lipinski definition) is 1. The number of nitrogens with one attached hydrogen (secondary N) is 1. The lowest BCUT2D eigenvalue weighted by Crippen LogP contribution is -2.29. The van der Waals surface area contributed by atoms with Crippen molar-refractivity contribution in [3.8, 4) is 0 Å². The van der Waals surface area contributed by atoms with Crippen LogP contribution in [-0.2, 0) is 6.54 Å². The molecule has 6 heteroatoms. The highest BCUT2D eigenvalue weighted by molar-refractivity contribution is 7.80. The van der Waals surface area contributed by atoms with Gasteiger partial charge in [-0.3, -0.25) is 9.97 Å². The van der Waals surface area contributed by atoms with Crippen molar-refractivity contribution in [1.29, 1.82) is 0 Å². The zero-order valence-corrected chi connectivity index (χ0v) is 15.4. The van der Waals surface area contributed by atoms with Crippen LogP contribution in [0, 0.1) is 6.92 Å². The summed E-state index contributed by atoms with van der Waals surface area (Å²) in [5.41, 5.74) is 3.30. The molecule has 3 aromatic rings. The Kier molecular flexibility index (Phi) is 4.46. The zero-order chi connectivity index (χ0) is 17.2.